The lowest BCUT2D eigenvalue weighted by molar-refractivity contribution is -0.224. The summed E-state index contributed by atoms with van der Waals surface area (Å²) < 4.78 is 28.0. The summed E-state index contributed by atoms with van der Waals surface area (Å²) in [6.07, 6.45) is 12.5. The number of unbranched alkanes of at least 4 members (excludes halogenated alkanes) is 12. The Morgan fingerprint density at radius 2 is 1.46 bits per heavy atom. The highest BCUT2D eigenvalue weighted by atomic mass is 16.7. The van der Waals surface area contributed by atoms with Crippen molar-refractivity contribution in [1.29, 1.82) is 0 Å². The molecule has 2 aliphatic heterocycles. The largest absolute Gasteiger partial charge is 0.467 e. The lowest BCUT2D eigenvalue weighted by atomic mass is 9.97. The standard InChI is InChI=1S/C28H49NO8/c1-5-6-7-8-9-10-11-12-13-14-15-16-17-18-23(31)37-25-22-19-34-28(36-22)24(29-21(3)30)26(25)35-20(2)27(32)33-4/h20,22,24-26,28H,5-19H2,1-4H3,(H,29,30)/t20-,22-,24-,25-,26-,28-/m1/s1. The smallest absolute Gasteiger partial charge is 0.334 e. The molecule has 0 aromatic rings. The molecule has 0 aliphatic carbocycles. The lowest BCUT2D eigenvalue weighted by Gasteiger charge is -2.41. The molecule has 0 aromatic carbocycles. The predicted octanol–water partition coefficient (Wildman–Crippen LogP) is 4.59. The van der Waals surface area contributed by atoms with E-state index in [2.05, 4.69) is 12.2 Å². The number of hydrogen-bond acceptors (Lipinski definition) is 8. The van der Waals surface area contributed by atoms with Crippen LogP contribution in [0.15, 0.2) is 0 Å². The van der Waals surface area contributed by atoms with E-state index in [0.29, 0.717) is 6.42 Å². The molecule has 2 fully saturated rings. The van der Waals surface area contributed by atoms with Crippen molar-refractivity contribution in [1.82, 2.24) is 5.32 Å². The van der Waals surface area contributed by atoms with Gasteiger partial charge in [0.2, 0.25) is 5.91 Å². The first-order chi connectivity index (χ1) is 17.9. The third-order valence-electron chi connectivity index (χ3n) is 7.09. The zero-order chi connectivity index (χ0) is 27.0. The van der Waals surface area contributed by atoms with E-state index in [0.717, 1.165) is 19.3 Å². The average molecular weight is 528 g/mol. The summed E-state index contributed by atoms with van der Waals surface area (Å²) in [6.45, 7) is 5.39. The Morgan fingerprint density at radius 3 is 2.00 bits per heavy atom. The second kappa shape index (κ2) is 17.7. The Balaban J connectivity index is 1.72. The Morgan fingerprint density at radius 1 is 0.892 bits per heavy atom. The van der Waals surface area contributed by atoms with Gasteiger partial charge in [0, 0.05) is 13.3 Å². The molecule has 2 saturated heterocycles. The van der Waals surface area contributed by atoms with Crippen LogP contribution in [-0.4, -0.2) is 68.3 Å². The van der Waals surface area contributed by atoms with E-state index in [1.54, 1.807) is 6.92 Å². The van der Waals surface area contributed by atoms with E-state index in [1.165, 1.54) is 78.2 Å². The Labute approximate surface area is 222 Å². The zero-order valence-electron chi connectivity index (χ0n) is 23.3. The monoisotopic (exact) mass is 527 g/mol. The van der Waals surface area contributed by atoms with Crippen molar-refractivity contribution in [2.75, 3.05) is 13.7 Å². The van der Waals surface area contributed by atoms with Gasteiger partial charge in [0.15, 0.2) is 18.5 Å². The molecule has 0 spiro atoms. The third kappa shape index (κ3) is 11.3. The Kier molecular flexibility index (Phi) is 15.1. The lowest BCUT2D eigenvalue weighted by Crippen LogP contribution is -2.63. The van der Waals surface area contributed by atoms with E-state index >= 15 is 0 Å². The maximum absolute atomic E-state index is 12.7. The van der Waals surface area contributed by atoms with E-state index in [9.17, 15) is 14.4 Å². The van der Waals surface area contributed by atoms with Crippen molar-refractivity contribution in [3.63, 3.8) is 0 Å². The summed E-state index contributed by atoms with van der Waals surface area (Å²) in [5, 5.41) is 2.76. The summed E-state index contributed by atoms with van der Waals surface area (Å²) in [6, 6.07) is -0.725. The van der Waals surface area contributed by atoms with E-state index in [4.69, 9.17) is 23.7 Å². The number of carbonyl (C=O) groups excluding carboxylic acids is 3. The highest BCUT2D eigenvalue weighted by Gasteiger charge is 2.54. The average Bonchev–Trinajstić information content (AvgIpc) is 3.32. The van der Waals surface area contributed by atoms with Gasteiger partial charge in [-0.25, -0.2) is 4.79 Å². The first-order valence-electron chi connectivity index (χ1n) is 14.3. The van der Waals surface area contributed by atoms with E-state index in [1.807, 2.05) is 0 Å². The third-order valence-corrected chi connectivity index (χ3v) is 7.09. The minimum Gasteiger partial charge on any atom is -0.467 e. The fourth-order valence-corrected chi connectivity index (χ4v) is 5.02. The molecule has 2 heterocycles. The highest BCUT2D eigenvalue weighted by Crippen LogP contribution is 2.33. The molecule has 214 valence electrons. The second-order valence-corrected chi connectivity index (χ2v) is 10.3. The van der Waals surface area contributed by atoms with E-state index in [-0.39, 0.29) is 18.5 Å². The normalized spacial score (nSPS) is 25.5. The van der Waals surface area contributed by atoms with Gasteiger partial charge in [-0.1, -0.05) is 84.0 Å². The minimum atomic E-state index is -0.911. The number of rotatable bonds is 19. The van der Waals surface area contributed by atoms with Gasteiger partial charge in [0.25, 0.3) is 0 Å². The fourth-order valence-electron chi connectivity index (χ4n) is 5.02. The van der Waals surface area contributed by atoms with Gasteiger partial charge in [-0.2, -0.15) is 0 Å². The van der Waals surface area contributed by atoms with Crippen LogP contribution in [0.2, 0.25) is 0 Å². The van der Waals surface area contributed by atoms with Crippen molar-refractivity contribution < 1.29 is 38.1 Å². The van der Waals surface area contributed by atoms with Gasteiger partial charge in [-0.05, 0) is 13.3 Å². The van der Waals surface area contributed by atoms with Crippen LogP contribution >= 0.6 is 0 Å². The second-order valence-electron chi connectivity index (χ2n) is 10.3. The van der Waals surface area contributed by atoms with Gasteiger partial charge in [0.1, 0.15) is 18.2 Å². The van der Waals surface area contributed by atoms with Crippen molar-refractivity contribution >= 4 is 17.8 Å². The summed E-state index contributed by atoms with van der Waals surface area (Å²) >= 11 is 0. The van der Waals surface area contributed by atoms with Crippen molar-refractivity contribution in [3.05, 3.63) is 0 Å². The van der Waals surface area contributed by atoms with Crippen LogP contribution in [0.5, 0.6) is 0 Å². The molecule has 2 bridgehead atoms. The van der Waals surface area contributed by atoms with Gasteiger partial charge >= 0.3 is 11.9 Å². The van der Waals surface area contributed by atoms with Crippen LogP contribution in [0.1, 0.15) is 111 Å². The molecule has 9 heteroatoms. The fraction of sp³-hybridized carbons (Fsp3) is 0.893. The molecule has 2 rings (SSSR count). The number of amides is 1. The van der Waals surface area contributed by atoms with Gasteiger partial charge < -0.3 is 29.0 Å². The van der Waals surface area contributed by atoms with Crippen molar-refractivity contribution in [3.8, 4) is 0 Å². The summed E-state index contributed by atoms with van der Waals surface area (Å²) in [5.41, 5.74) is 0. The number of nitrogens with one attached hydrogen (secondary N) is 1. The molecule has 6 atom stereocenters. The number of methoxy groups -OCH3 is 1. The van der Waals surface area contributed by atoms with Crippen molar-refractivity contribution in [2.24, 2.45) is 0 Å². The molecule has 0 aromatic heterocycles. The van der Waals surface area contributed by atoms with Crippen LogP contribution in [0.25, 0.3) is 0 Å². The topological polar surface area (TPSA) is 109 Å². The number of hydrogen-bond donors (Lipinski definition) is 1. The minimum absolute atomic E-state index is 0.212. The SMILES string of the molecule is CCCCCCCCCCCCCCCC(=O)O[C@H]1[C@H](O[C@H](C)C(=O)OC)[C@@H](NC(C)=O)[C@@H]2OC[C@H]1O2. The number of carbonyl (C=O) groups is 3. The molecule has 0 saturated carbocycles. The maximum atomic E-state index is 12.7. The molecular formula is C28H49NO8. The summed E-state index contributed by atoms with van der Waals surface area (Å²) in [5.74, 6) is -1.21. The Bertz CT molecular complexity index is 687. The molecule has 1 N–H and O–H groups in total. The van der Waals surface area contributed by atoms with Crippen LogP contribution in [0.4, 0.5) is 0 Å². The molecule has 0 radical (unpaired) electrons. The zero-order valence-corrected chi connectivity index (χ0v) is 23.3. The summed E-state index contributed by atoms with van der Waals surface area (Å²) in [4.78, 5) is 36.5. The molecule has 1 amide bonds. The first-order valence-corrected chi connectivity index (χ1v) is 14.3. The predicted molar refractivity (Wildman–Crippen MR) is 139 cm³/mol. The Hall–Kier alpha value is -1.71. The molecule has 2 aliphatic rings. The number of ether oxygens (including phenoxy) is 5. The van der Waals surface area contributed by atoms with Gasteiger partial charge in [0.05, 0.1) is 13.7 Å². The van der Waals surface area contributed by atoms with Crippen LogP contribution < -0.4 is 5.32 Å². The van der Waals surface area contributed by atoms with Gasteiger partial charge in [-0.3, -0.25) is 9.59 Å². The highest BCUT2D eigenvalue weighted by molar-refractivity contribution is 5.74. The van der Waals surface area contributed by atoms with Crippen LogP contribution in [0.3, 0.4) is 0 Å². The molecule has 37 heavy (non-hydrogen) atoms. The first kappa shape index (κ1) is 31.5. The number of fused-ring (bicyclic) bond motifs is 2. The van der Waals surface area contributed by atoms with Crippen molar-refractivity contribution in [2.45, 2.75) is 147 Å². The van der Waals surface area contributed by atoms with E-state index < -0.39 is 42.7 Å². The quantitative estimate of drug-likeness (QED) is 0.192. The molecule has 9 nitrogen and oxygen atoms in total. The van der Waals surface area contributed by atoms with Gasteiger partial charge in [-0.15, -0.1) is 0 Å². The molecule has 0 unspecified atom stereocenters. The molecular weight excluding hydrogens is 478 g/mol. The summed E-state index contributed by atoms with van der Waals surface area (Å²) in [7, 11) is 1.28. The maximum Gasteiger partial charge on any atom is 0.334 e. The number of esters is 2. The van der Waals surface area contributed by atoms with Crippen LogP contribution in [-0.2, 0) is 38.1 Å². The van der Waals surface area contributed by atoms with Crippen LogP contribution in [0, 0.1) is 0 Å².